The van der Waals surface area contributed by atoms with Crippen molar-refractivity contribution in [1.29, 1.82) is 0 Å². The van der Waals surface area contributed by atoms with Gasteiger partial charge in [-0.1, -0.05) is 62.8 Å². The smallest absolute Gasteiger partial charge is 0.214 e. The number of para-hydroxylation sites is 2. The Morgan fingerprint density at radius 2 is 0.952 bits per heavy atom. The second-order valence-electron chi connectivity index (χ2n) is 13.2. The highest BCUT2D eigenvalue weighted by Crippen LogP contribution is 2.30. The molecule has 222 valence electrons. The summed E-state index contributed by atoms with van der Waals surface area (Å²) < 4.78 is 5.31. The summed E-state index contributed by atoms with van der Waals surface area (Å²) in [5, 5.41) is 2.72. The van der Waals surface area contributed by atoms with Gasteiger partial charge in [0.1, 0.15) is 13.1 Å². The molecule has 4 aromatic rings. The number of anilines is 1. The van der Waals surface area contributed by atoms with Gasteiger partial charge in [-0.05, 0) is 76.0 Å². The molecular weight excluding hydrogens is 510 g/mol. The number of nitrogens with two attached hydrogens (primary N) is 1. The van der Waals surface area contributed by atoms with Gasteiger partial charge in [0.15, 0.2) is 11.4 Å². The summed E-state index contributed by atoms with van der Waals surface area (Å²) in [6.07, 6.45) is 23.8. The van der Waals surface area contributed by atoms with Crippen LogP contribution in [0.4, 0.5) is 5.69 Å². The number of fused-ring (bicyclic) bond motifs is 4. The summed E-state index contributed by atoms with van der Waals surface area (Å²) in [7, 11) is 0. The summed E-state index contributed by atoms with van der Waals surface area (Å²) in [6, 6.07) is 17.9. The number of aryl methyl sites for hydroxylation is 3. The van der Waals surface area contributed by atoms with Crippen molar-refractivity contribution >= 4 is 27.5 Å². The molecule has 0 amide bonds. The predicted molar refractivity (Wildman–Crippen MR) is 177 cm³/mol. The quantitative estimate of drug-likeness (QED) is 0.128. The molecule has 0 spiro atoms. The van der Waals surface area contributed by atoms with Crippen molar-refractivity contribution in [2.24, 2.45) is 0 Å². The average molecular weight is 564 g/mol. The SMILES string of the molecule is Cc1c2c([n+](CCCCCCCCCCCC[n+]3c4c(c(N)c5ccccc53)CCCC4)c3ccccc13)CCCC2. The lowest BCUT2D eigenvalue weighted by Gasteiger charge is -2.19. The molecule has 0 radical (unpaired) electrons. The first-order chi connectivity index (χ1) is 20.7. The Morgan fingerprint density at radius 3 is 1.55 bits per heavy atom. The summed E-state index contributed by atoms with van der Waals surface area (Å²) >= 11 is 0. The van der Waals surface area contributed by atoms with Crippen LogP contribution >= 0.6 is 0 Å². The zero-order valence-electron chi connectivity index (χ0n) is 26.2. The molecule has 0 atom stereocenters. The number of hydrogen-bond donors (Lipinski definition) is 1. The standard InChI is InChI=1S/C39H52N3/c1-30-31-20-10-14-24-35(31)41(36-25-15-11-21-32(30)36)28-18-8-6-4-2-3-5-7-9-19-29-42-37-26-16-12-22-33(37)39(40)34-23-13-17-27-38(34)42/h10,12,14,16,20,22,24,26,40H,2-9,11,13,15,17-19,21,23,25,27-29H2,1H3/q+1/p+1. The number of rotatable bonds is 13. The van der Waals surface area contributed by atoms with Crippen molar-refractivity contribution in [3.8, 4) is 0 Å². The molecule has 0 fully saturated rings. The minimum absolute atomic E-state index is 1.04. The van der Waals surface area contributed by atoms with Crippen LogP contribution in [0.15, 0.2) is 48.5 Å². The van der Waals surface area contributed by atoms with E-state index in [4.69, 9.17) is 5.73 Å². The number of nitrogens with zero attached hydrogens (tertiary/aromatic N) is 2. The molecule has 0 unspecified atom stereocenters. The highest BCUT2D eigenvalue weighted by atomic mass is 15.0. The summed E-state index contributed by atoms with van der Waals surface area (Å²) in [5.74, 6) is 0. The van der Waals surface area contributed by atoms with Gasteiger partial charge in [-0.3, -0.25) is 0 Å². The van der Waals surface area contributed by atoms with Crippen molar-refractivity contribution in [2.75, 3.05) is 5.73 Å². The Bertz CT molecular complexity index is 1400. The molecule has 2 heterocycles. The number of nitrogen functional groups attached to an aromatic ring is 1. The molecule has 0 aliphatic heterocycles. The number of benzene rings is 2. The molecule has 2 aromatic carbocycles. The van der Waals surface area contributed by atoms with E-state index in [0.717, 1.165) is 18.7 Å². The molecule has 0 saturated carbocycles. The van der Waals surface area contributed by atoms with Gasteiger partial charge >= 0.3 is 0 Å². The fourth-order valence-electron chi connectivity index (χ4n) is 8.11. The molecule has 0 saturated heterocycles. The van der Waals surface area contributed by atoms with Crippen LogP contribution in [0.25, 0.3) is 21.8 Å². The minimum Gasteiger partial charge on any atom is -0.398 e. The predicted octanol–water partition coefficient (Wildman–Crippen LogP) is 8.82. The largest absolute Gasteiger partial charge is 0.398 e. The molecule has 2 aliphatic carbocycles. The van der Waals surface area contributed by atoms with Crippen LogP contribution in [-0.4, -0.2) is 0 Å². The lowest BCUT2D eigenvalue weighted by molar-refractivity contribution is -0.680. The maximum Gasteiger partial charge on any atom is 0.214 e. The molecule has 2 N–H and O–H groups in total. The molecule has 2 aromatic heterocycles. The number of unbranched alkanes of at least 4 members (excludes halogenated alkanes) is 9. The number of pyridine rings is 2. The van der Waals surface area contributed by atoms with E-state index >= 15 is 0 Å². The highest BCUT2D eigenvalue weighted by Gasteiger charge is 2.27. The zero-order chi connectivity index (χ0) is 28.7. The summed E-state index contributed by atoms with van der Waals surface area (Å²) in [5.41, 5.74) is 18.2. The summed E-state index contributed by atoms with van der Waals surface area (Å²) in [4.78, 5) is 0. The first-order valence-electron chi connectivity index (χ1n) is 17.4. The zero-order valence-corrected chi connectivity index (χ0v) is 26.2. The van der Waals surface area contributed by atoms with E-state index < -0.39 is 0 Å². The van der Waals surface area contributed by atoms with Gasteiger partial charge in [0.05, 0.1) is 11.1 Å². The van der Waals surface area contributed by atoms with Crippen molar-refractivity contribution in [2.45, 2.75) is 136 Å². The molecule has 3 heteroatoms. The van der Waals surface area contributed by atoms with Crippen LogP contribution in [0.3, 0.4) is 0 Å². The van der Waals surface area contributed by atoms with E-state index in [1.807, 2.05) is 0 Å². The van der Waals surface area contributed by atoms with E-state index in [1.54, 1.807) is 11.3 Å². The molecule has 0 bridgehead atoms. The third-order valence-electron chi connectivity index (χ3n) is 10.4. The van der Waals surface area contributed by atoms with E-state index in [-0.39, 0.29) is 0 Å². The third kappa shape index (κ3) is 6.21. The number of aromatic nitrogens is 2. The van der Waals surface area contributed by atoms with E-state index in [2.05, 4.69) is 64.6 Å². The molecule has 6 rings (SSSR count). The Labute approximate surface area is 254 Å². The Kier molecular flexibility index (Phi) is 9.73. The van der Waals surface area contributed by atoms with Gasteiger partial charge in [0, 0.05) is 54.3 Å². The average Bonchev–Trinajstić information content (AvgIpc) is 3.04. The van der Waals surface area contributed by atoms with Gasteiger partial charge in [-0.2, -0.15) is 9.13 Å². The van der Waals surface area contributed by atoms with E-state index in [9.17, 15) is 0 Å². The molecular formula is C39H53N3+2. The van der Waals surface area contributed by atoms with Gasteiger partial charge in [-0.15, -0.1) is 0 Å². The lowest BCUT2D eigenvalue weighted by atomic mass is 9.90. The van der Waals surface area contributed by atoms with Crippen LogP contribution < -0.4 is 14.9 Å². The van der Waals surface area contributed by atoms with Crippen molar-refractivity contribution in [1.82, 2.24) is 0 Å². The fraction of sp³-hybridized carbons (Fsp3) is 0.538. The fourth-order valence-corrected chi connectivity index (χ4v) is 8.11. The molecule has 42 heavy (non-hydrogen) atoms. The normalized spacial score (nSPS) is 14.8. The van der Waals surface area contributed by atoms with Gasteiger partial charge in [-0.25, -0.2) is 0 Å². The third-order valence-corrected chi connectivity index (χ3v) is 10.4. The first-order valence-corrected chi connectivity index (χ1v) is 17.4. The van der Waals surface area contributed by atoms with Crippen molar-refractivity contribution in [3.05, 3.63) is 76.6 Å². The second kappa shape index (κ2) is 14.0. The van der Waals surface area contributed by atoms with Gasteiger partial charge < -0.3 is 5.73 Å². The minimum atomic E-state index is 1.04. The first kappa shape index (κ1) is 29.1. The van der Waals surface area contributed by atoms with Crippen LogP contribution in [0.5, 0.6) is 0 Å². The van der Waals surface area contributed by atoms with Crippen molar-refractivity contribution in [3.63, 3.8) is 0 Å². The van der Waals surface area contributed by atoms with E-state index in [1.165, 1.54) is 154 Å². The van der Waals surface area contributed by atoms with Gasteiger partial charge in [0.25, 0.3) is 0 Å². The topological polar surface area (TPSA) is 33.8 Å². The van der Waals surface area contributed by atoms with Crippen LogP contribution in [0.2, 0.25) is 0 Å². The van der Waals surface area contributed by atoms with Gasteiger partial charge in [0.2, 0.25) is 11.0 Å². The Hall–Kier alpha value is -2.94. The van der Waals surface area contributed by atoms with Crippen molar-refractivity contribution < 1.29 is 9.13 Å². The highest BCUT2D eigenvalue weighted by molar-refractivity contribution is 5.90. The number of hydrogen-bond acceptors (Lipinski definition) is 1. The molecule has 2 aliphatic rings. The lowest BCUT2D eigenvalue weighted by Crippen LogP contribution is -2.42. The molecule has 3 nitrogen and oxygen atoms in total. The van der Waals surface area contributed by atoms with E-state index in [0.29, 0.717) is 0 Å². The van der Waals surface area contributed by atoms with Crippen LogP contribution in [0, 0.1) is 6.92 Å². The maximum atomic E-state index is 6.63. The van der Waals surface area contributed by atoms with Crippen LogP contribution in [0.1, 0.15) is 118 Å². The Morgan fingerprint density at radius 1 is 0.524 bits per heavy atom. The maximum absolute atomic E-state index is 6.63. The monoisotopic (exact) mass is 563 g/mol. The second-order valence-corrected chi connectivity index (χ2v) is 13.2. The van der Waals surface area contributed by atoms with Crippen LogP contribution in [-0.2, 0) is 38.8 Å². The summed E-state index contributed by atoms with van der Waals surface area (Å²) in [6.45, 7) is 4.68. The Balaban J connectivity index is 0.901.